The molecule has 0 spiro atoms. The maximum absolute atomic E-state index is 12.3. The lowest BCUT2D eigenvalue weighted by molar-refractivity contribution is -0.120. The number of carbonyl (C=O) groups is 1. The highest BCUT2D eigenvalue weighted by atomic mass is 79.9. The van der Waals surface area contributed by atoms with Gasteiger partial charge in [-0.05, 0) is 50.8 Å². The first kappa shape index (κ1) is 22.0. The van der Waals surface area contributed by atoms with Crippen LogP contribution in [0.25, 0.3) is 0 Å². The van der Waals surface area contributed by atoms with Crippen LogP contribution in [-0.2, 0) is 16.0 Å². The Balaban J connectivity index is 1.76. The lowest BCUT2D eigenvalue weighted by Gasteiger charge is -2.21. The van der Waals surface area contributed by atoms with Crippen molar-refractivity contribution in [2.24, 2.45) is 0 Å². The van der Waals surface area contributed by atoms with Crippen LogP contribution in [0.2, 0.25) is 0 Å². The molecule has 1 aromatic rings. The van der Waals surface area contributed by atoms with E-state index in [4.69, 9.17) is 14.2 Å². The van der Waals surface area contributed by atoms with Gasteiger partial charge in [-0.1, -0.05) is 35.2 Å². The number of hydrogen-bond acceptors (Lipinski definition) is 4. The van der Waals surface area contributed by atoms with Crippen molar-refractivity contribution in [1.29, 1.82) is 0 Å². The average Bonchev–Trinajstić information content (AvgIpc) is 2.66. The van der Waals surface area contributed by atoms with Crippen LogP contribution in [0.5, 0.6) is 11.5 Å². The fourth-order valence-corrected chi connectivity index (χ4v) is 3.73. The van der Waals surface area contributed by atoms with Crippen molar-refractivity contribution in [2.75, 3.05) is 26.4 Å². The minimum Gasteiger partial charge on any atom is -0.490 e. The number of hydrogen-bond donors (Lipinski definition) is 1. The van der Waals surface area contributed by atoms with Gasteiger partial charge in [0.05, 0.1) is 25.7 Å². The molecule has 1 aliphatic rings. The van der Waals surface area contributed by atoms with Crippen molar-refractivity contribution in [3.05, 3.63) is 22.2 Å². The molecule has 6 heteroatoms. The fraction of sp³-hybridized carbons (Fsp3) is 0.667. The van der Waals surface area contributed by atoms with E-state index < -0.39 is 0 Å². The van der Waals surface area contributed by atoms with E-state index in [0.717, 1.165) is 16.5 Å². The van der Waals surface area contributed by atoms with Gasteiger partial charge >= 0.3 is 0 Å². The standard InChI is InChI=1S/C21H32BrNO4/c1-3-25-19-13-16(18(22)15-20(19)26-4-2)14-21(24)23-11-8-12-27-17-9-6-5-7-10-17/h13,15,17H,3-12,14H2,1-2H3,(H,23,24). The SMILES string of the molecule is CCOc1cc(Br)c(CC(=O)NCCCOC2CCCCC2)cc1OCC. The monoisotopic (exact) mass is 441 g/mol. The summed E-state index contributed by atoms with van der Waals surface area (Å²) in [6.45, 7) is 6.33. The number of ether oxygens (including phenoxy) is 3. The van der Waals surface area contributed by atoms with Gasteiger partial charge < -0.3 is 19.5 Å². The van der Waals surface area contributed by atoms with Gasteiger partial charge in [0, 0.05) is 17.6 Å². The Morgan fingerprint density at radius 3 is 2.44 bits per heavy atom. The molecule has 0 aliphatic heterocycles. The van der Waals surface area contributed by atoms with Crippen LogP contribution >= 0.6 is 15.9 Å². The third kappa shape index (κ3) is 7.70. The quantitative estimate of drug-likeness (QED) is 0.507. The lowest BCUT2D eigenvalue weighted by Crippen LogP contribution is -2.27. The highest BCUT2D eigenvalue weighted by Crippen LogP contribution is 2.34. The van der Waals surface area contributed by atoms with Crippen molar-refractivity contribution in [2.45, 2.75) is 64.9 Å². The predicted molar refractivity (Wildman–Crippen MR) is 111 cm³/mol. The molecule has 1 amide bonds. The van der Waals surface area contributed by atoms with Gasteiger partial charge in [0.25, 0.3) is 0 Å². The lowest BCUT2D eigenvalue weighted by atomic mass is 9.98. The summed E-state index contributed by atoms with van der Waals surface area (Å²) in [5, 5.41) is 2.98. The van der Waals surface area contributed by atoms with E-state index in [1.165, 1.54) is 32.1 Å². The second kappa shape index (κ2) is 12.2. The van der Waals surface area contributed by atoms with Crippen molar-refractivity contribution >= 4 is 21.8 Å². The first-order valence-corrected chi connectivity index (χ1v) is 10.9. The second-order valence-electron chi connectivity index (χ2n) is 6.77. The molecule has 152 valence electrons. The number of amides is 1. The van der Waals surface area contributed by atoms with Crippen LogP contribution < -0.4 is 14.8 Å². The molecule has 0 saturated heterocycles. The Kier molecular flexibility index (Phi) is 9.98. The summed E-state index contributed by atoms with van der Waals surface area (Å²) in [5.74, 6) is 1.36. The molecular weight excluding hydrogens is 410 g/mol. The number of rotatable bonds is 11. The molecule has 0 unspecified atom stereocenters. The van der Waals surface area contributed by atoms with Crippen molar-refractivity contribution in [3.8, 4) is 11.5 Å². The van der Waals surface area contributed by atoms with Gasteiger partial charge in [-0.15, -0.1) is 0 Å². The van der Waals surface area contributed by atoms with E-state index in [9.17, 15) is 4.79 Å². The molecule has 0 bridgehead atoms. The van der Waals surface area contributed by atoms with Crippen LogP contribution in [0.4, 0.5) is 0 Å². The maximum atomic E-state index is 12.3. The van der Waals surface area contributed by atoms with E-state index >= 15 is 0 Å². The average molecular weight is 442 g/mol. The van der Waals surface area contributed by atoms with Crippen LogP contribution in [0.3, 0.4) is 0 Å². The Bertz CT molecular complexity index is 588. The van der Waals surface area contributed by atoms with Crippen molar-refractivity contribution in [3.63, 3.8) is 0 Å². The molecular formula is C21H32BrNO4. The molecule has 0 atom stereocenters. The Morgan fingerprint density at radius 2 is 1.78 bits per heavy atom. The summed E-state index contributed by atoms with van der Waals surface area (Å²) in [5.41, 5.74) is 0.887. The normalized spacial score (nSPS) is 14.8. The Morgan fingerprint density at radius 1 is 1.11 bits per heavy atom. The van der Waals surface area contributed by atoms with Gasteiger partial charge in [-0.3, -0.25) is 4.79 Å². The first-order valence-electron chi connectivity index (χ1n) is 10.1. The second-order valence-corrected chi connectivity index (χ2v) is 7.62. The van der Waals surface area contributed by atoms with Crippen LogP contribution in [0, 0.1) is 0 Å². The molecule has 2 rings (SSSR count). The number of halogens is 1. The third-order valence-electron chi connectivity index (χ3n) is 4.61. The summed E-state index contributed by atoms with van der Waals surface area (Å²) in [7, 11) is 0. The van der Waals surface area contributed by atoms with E-state index in [1.54, 1.807) is 0 Å². The van der Waals surface area contributed by atoms with Crippen molar-refractivity contribution < 1.29 is 19.0 Å². The zero-order valence-corrected chi connectivity index (χ0v) is 18.1. The fourth-order valence-electron chi connectivity index (χ4n) is 3.27. The summed E-state index contributed by atoms with van der Waals surface area (Å²) in [6.07, 6.45) is 7.83. The molecule has 0 aromatic heterocycles. The van der Waals surface area contributed by atoms with Gasteiger partial charge in [0.1, 0.15) is 0 Å². The van der Waals surface area contributed by atoms with Gasteiger partial charge in [0.2, 0.25) is 5.91 Å². The maximum Gasteiger partial charge on any atom is 0.224 e. The zero-order chi connectivity index (χ0) is 19.5. The molecule has 0 heterocycles. The predicted octanol–water partition coefficient (Wildman–Crippen LogP) is 4.64. The van der Waals surface area contributed by atoms with Crippen molar-refractivity contribution in [1.82, 2.24) is 5.32 Å². The van der Waals surface area contributed by atoms with E-state index in [2.05, 4.69) is 21.2 Å². The topological polar surface area (TPSA) is 56.8 Å². The van der Waals surface area contributed by atoms with E-state index in [-0.39, 0.29) is 5.91 Å². The van der Waals surface area contributed by atoms with Gasteiger partial charge in [-0.25, -0.2) is 0 Å². The third-order valence-corrected chi connectivity index (χ3v) is 5.35. The Labute approximate surface area is 171 Å². The largest absolute Gasteiger partial charge is 0.490 e. The van der Waals surface area contributed by atoms with E-state index in [0.29, 0.717) is 50.4 Å². The molecule has 5 nitrogen and oxygen atoms in total. The first-order chi connectivity index (χ1) is 13.1. The molecule has 1 N–H and O–H groups in total. The summed E-state index contributed by atoms with van der Waals surface area (Å²) < 4.78 is 18.0. The highest BCUT2D eigenvalue weighted by Gasteiger charge is 2.14. The van der Waals surface area contributed by atoms with Gasteiger partial charge in [-0.2, -0.15) is 0 Å². The molecule has 1 saturated carbocycles. The molecule has 1 fully saturated rings. The minimum absolute atomic E-state index is 0.0000234. The summed E-state index contributed by atoms with van der Waals surface area (Å²) >= 11 is 3.53. The molecule has 1 aromatic carbocycles. The van der Waals surface area contributed by atoms with Crippen LogP contribution in [0.15, 0.2) is 16.6 Å². The highest BCUT2D eigenvalue weighted by molar-refractivity contribution is 9.10. The minimum atomic E-state index is -0.0000234. The number of benzene rings is 1. The Hall–Kier alpha value is -1.27. The number of carbonyl (C=O) groups excluding carboxylic acids is 1. The number of nitrogens with one attached hydrogen (secondary N) is 1. The molecule has 27 heavy (non-hydrogen) atoms. The molecule has 1 aliphatic carbocycles. The van der Waals surface area contributed by atoms with Crippen LogP contribution in [-0.4, -0.2) is 38.4 Å². The van der Waals surface area contributed by atoms with E-state index in [1.807, 2.05) is 26.0 Å². The zero-order valence-electron chi connectivity index (χ0n) is 16.5. The summed E-state index contributed by atoms with van der Waals surface area (Å²) in [6, 6.07) is 3.75. The smallest absolute Gasteiger partial charge is 0.224 e. The summed E-state index contributed by atoms with van der Waals surface area (Å²) in [4.78, 5) is 12.3. The van der Waals surface area contributed by atoms with Gasteiger partial charge in [0.15, 0.2) is 11.5 Å². The van der Waals surface area contributed by atoms with Crippen LogP contribution in [0.1, 0.15) is 57.9 Å². The molecule has 0 radical (unpaired) electrons.